The summed E-state index contributed by atoms with van der Waals surface area (Å²) >= 11 is 0. The lowest BCUT2D eigenvalue weighted by atomic mass is 9.67. The third-order valence-electron chi connectivity index (χ3n) is 4.92. The Hall–Kier alpha value is -0.130. The Labute approximate surface area is 123 Å². The molecular weight excluding hydrogens is 274 g/mol. The zero-order chi connectivity index (χ0) is 15.0. The second-order valence-electron chi connectivity index (χ2n) is 7.75. The van der Waals surface area contributed by atoms with Crippen molar-refractivity contribution in [3.8, 4) is 0 Å². The molecule has 0 aromatic rings. The summed E-state index contributed by atoms with van der Waals surface area (Å²) in [7, 11) is -3.09. The fraction of sp³-hybridized carbons (Fsp3) is 1.00. The van der Waals surface area contributed by atoms with Crippen molar-refractivity contribution in [1.29, 1.82) is 0 Å². The van der Waals surface area contributed by atoms with Crippen molar-refractivity contribution in [2.45, 2.75) is 64.4 Å². The molecule has 1 aliphatic carbocycles. The Kier molecular flexibility index (Phi) is 4.53. The van der Waals surface area contributed by atoms with Crippen LogP contribution >= 0.6 is 0 Å². The van der Waals surface area contributed by atoms with Crippen LogP contribution in [0.15, 0.2) is 0 Å². The van der Waals surface area contributed by atoms with E-state index in [0.29, 0.717) is 19.0 Å². The van der Waals surface area contributed by atoms with Gasteiger partial charge < -0.3 is 5.11 Å². The van der Waals surface area contributed by atoms with Gasteiger partial charge >= 0.3 is 0 Å². The predicted molar refractivity (Wildman–Crippen MR) is 81.0 cm³/mol. The maximum absolute atomic E-state index is 11.7. The van der Waals surface area contributed by atoms with E-state index in [-0.39, 0.29) is 5.41 Å². The van der Waals surface area contributed by atoms with E-state index in [0.717, 1.165) is 38.5 Å². The summed E-state index contributed by atoms with van der Waals surface area (Å²) in [5.41, 5.74) is -0.384. The van der Waals surface area contributed by atoms with Crippen molar-refractivity contribution < 1.29 is 13.5 Å². The molecule has 0 spiro atoms. The van der Waals surface area contributed by atoms with Crippen LogP contribution in [0.25, 0.3) is 0 Å². The molecule has 0 bridgehead atoms. The van der Waals surface area contributed by atoms with Crippen LogP contribution in [0.1, 0.15) is 58.8 Å². The van der Waals surface area contributed by atoms with E-state index in [2.05, 4.69) is 13.8 Å². The summed E-state index contributed by atoms with van der Waals surface area (Å²) in [5, 5.41) is 10.9. The second kappa shape index (κ2) is 5.58. The number of nitrogens with zero attached hydrogens (tertiary/aromatic N) is 1. The van der Waals surface area contributed by atoms with Gasteiger partial charge in [-0.05, 0) is 49.9 Å². The fourth-order valence-electron chi connectivity index (χ4n) is 4.17. The lowest BCUT2D eigenvalue weighted by Crippen LogP contribution is -2.45. The Bertz CT molecular complexity index is 446. The maximum atomic E-state index is 11.7. The molecule has 1 heterocycles. The molecule has 0 aromatic heterocycles. The minimum absolute atomic E-state index is 0.207. The third kappa shape index (κ3) is 4.18. The molecule has 0 aromatic carbocycles. The number of rotatable bonds is 3. The number of sulfonamides is 1. The molecule has 1 saturated heterocycles. The summed E-state index contributed by atoms with van der Waals surface area (Å²) in [5.74, 6) is 0.303. The van der Waals surface area contributed by atoms with Crippen LogP contribution in [-0.2, 0) is 10.0 Å². The first-order chi connectivity index (χ1) is 9.10. The van der Waals surface area contributed by atoms with E-state index >= 15 is 0 Å². The molecule has 20 heavy (non-hydrogen) atoms. The minimum atomic E-state index is -3.09. The monoisotopic (exact) mass is 303 g/mol. The smallest absolute Gasteiger partial charge is 0.211 e. The van der Waals surface area contributed by atoms with Crippen molar-refractivity contribution in [2.75, 3.05) is 19.3 Å². The van der Waals surface area contributed by atoms with Gasteiger partial charge in [0, 0.05) is 13.1 Å². The van der Waals surface area contributed by atoms with E-state index in [4.69, 9.17) is 0 Å². The Morgan fingerprint density at radius 1 is 1.25 bits per heavy atom. The summed E-state index contributed by atoms with van der Waals surface area (Å²) in [4.78, 5) is 0. The van der Waals surface area contributed by atoms with Crippen LogP contribution in [0.2, 0.25) is 0 Å². The van der Waals surface area contributed by atoms with Gasteiger partial charge in [-0.1, -0.05) is 20.3 Å². The molecule has 1 saturated carbocycles. The van der Waals surface area contributed by atoms with E-state index in [1.807, 2.05) is 0 Å². The molecule has 0 amide bonds. The Morgan fingerprint density at radius 3 is 2.55 bits per heavy atom. The van der Waals surface area contributed by atoms with Crippen molar-refractivity contribution in [1.82, 2.24) is 4.31 Å². The lowest BCUT2D eigenvalue weighted by molar-refractivity contribution is -0.0595. The average molecular weight is 303 g/mol. The number of aliphatic hydroxyl groups is 1. The van der Waals surface area contributed by atoms with Crippen molar-refractivity contribution >= 4 is 10.0 Å². The molecule has 5 heteroatoms. The summed E-state index contributed by atoms with van der Waals surface area (Å²) in [6, 6.07) is 0. The first-order valence-corrected chi connectivity index (χ1v) is 9.62. The van der Waals surface area contributed by atoms with Crippen LogP contribution in [0.5, 0.6) is 0 Å². The molecule has 2 aliphatic rings. The molecule has 4 nitrogen and oxygen atoms in total. The molecule has 2 atom stereocenters. The Morgan fingerprint density at radius 2 is 1.95 bits per heavy atom. The van der Waals surface area contributed by atoms with E-state index < -0.39 is 15.6 Å². The molecule has 2 rings (SSSR count). The van der Waals surface area contributed by atoms with Crippen molar-refractivity contribution in [3.63, 3.8) is 0 Å². The van der Waals surface area contributed by atoms with Crippen molar-refractivity contribution in [3.05, 3.63) is 0 Å². The van der Waals surface area contributed by atoms with Gasteiger partial charge in [0.2, 0.25) is 10.0 Å². The van der Waals surface area contributed by atoms with Crippen LogP contribution in [-0.4, -0.2) is 42.8 Å². The largest absolute Gasteiger partial charge is 0.390 e. The zero-order valence-electron chi connectivity index (χ0n) is 13.1. The molecule has 0 radical (unpaired) electrons. The normalized spacial score (nSPS) is 35.9. The number of piperidine rings is 1. The Balaban J connectivity index is 1.99. The zero-order valence-corrected chi connectivity index (χ0v) is 13.9. The highest BCUT2D eigenvalue weighted by atomic mass is 32.2. The highest BCUT2D eigenvalue weighted by Gasteiger charge is 2.40. The highest BCUT2D eigenvalue weighted by Crippen LogP contribution is 2.44. The third-order valence-corrected chi connectivity index (χ3v) is 6.19. The standard InChI is InChI=1S/C15H29NO3S/c1-14(2)7-5-8-15(17,12-14)10-13-6-4-9-16(11-13)20(3,18)19/h13,17H,4-12H2,1-3H3. The topological polar surface area (TPSA) is 57.6 Å². The van der Waals surface area contributed by atoms with Gasteiger partial charge in [0.05, 0.1) is 11.9 Å². The highest BCUT2D eigenvalue weighted by molar-refractivity contribution is 7.88. The van der Waals surface area contributed by atoms with Gasteiger partial charge in [0.25, 0.3) is 0 Å². The molecule has 2 fully saturated rings. The van der Waals surface area contributed by atoms with E-state index in [1.54, 1.807) is 4.31 Å². The quantitative estimate of drug-likeness (QED) is 0.871. The van der Waals surface area contributed by atoms with Gasteiger partial charge in [0.15, 0.2) is 0 Å². The van der Waals surface area contributed by atoms with Gasteiger partial charge in [-0.3, -0.25) is 0 Å². The number of hydrogen-bond donors (Lipinski definition) is 1. The van der Waals surface area contributed by atoms with Gasteiger partial charge in [-0.15, -0.1) is 0 Å². The molecular formula is C15H29NO3S. The SMILES string of the molecule is CC1(C)CCCC(O)(CC2CCCN(S(C)(=O)=O)C2)C1. The van der Waals surface area contributed by atoms with Crippen molar-refractivity contribution in [2.24, 2.45) is 11.3 Å². The summed E-state index contributed by atoms with van der Waals surface area (Å²) in [6.07, 6.45) is 7.95. The first-order valence-electron chi connectivity index (χ1n) is 7.77. The summed E-state index contributed by atoms with van der Waals surface area (Å²) < 4.78 is 24.9. The molecule has 1 N–H and O–H groups in total. The predicted octanol–water partition coefficient (Wildman–Crippen LogP) is 2.38. The van der Waals surface area contributed by atoms with E-state index in [1.165, 1.54) is 12.7 Å². The van der Waals surface area contributed by atoms with E-state index in [9.17, 15) is 13.5 Å². The lowest BCUT2D eigenvalue weighted by Gasteiger charge is -2.44. The van der Waals surface area contributed by atoms with Gasteiger partial charge in [-0.2, -0.15) is 0 Å². The van der Waals surface area contributed by atoms with Crippen LogP contribution in [0.3, 0.4) is 0 Å². The molecule has 118 valence electrons. The molecule has 1 aliphatic heterocycles. The molecule has 2 unspecified atom stereocenters. The first kappa shape index (κ1) is 16.2. The fourth-order valence-corrected chi connectivity index (χ4v) is 5.11. The van der Waals surface area contributed by atoms with Crippen LogP contribution in [0, 0.1) is 11.3 Å². The van der Waals surface area contributed by atoms with Gasteiger partial charge in [-0.25, -0.2) is 12.7 Å². The average Bonchev–Trinajstić information content (AvgIpc) is 2.25. The summed E-state index contributed by atoms with van der Waals surface area (Å²) in [6.45, 7) is 5.67. The minimum Gasteiger partial charge on any atom is -0.390 e. The number of hydrogen-bond acceptors (Lipinski definition) is 3. The van der Waals surface area contributed by atoms with Crippen LogP contribution < -0.4 is 0 Å². The van der Waals surface area contributed by atoms with Gasteiger partial charge in [0.1, 0.15) is 0 Å². The van der Waals surface area contributed by atoms with Crippen LogP contribution in [0.4, 0.5) is 0 Å². The maximum Gasteiger partial charge on any atom is 0.211 e. The second-order valence-corrected chi connectivity index (χ2v) is 9.73.